The molecule has 23 heavy (non-hydrogen) atoms. The maximum Gasteiger partial charge on any atom is 0.0594 e. The third-order valence-electron chi connectivity index (χ3n) is 5.38. The maximum absolute atomic E-state index is 9.83. The second-order valence-electron chi connectivity index (χ2n) is 8.05. The van der Waals surface area contributed by atoms with Crippen LogP contribution in [0.25, 0.3) is 0 Å². The van der Waals surface area contributed by atoms with Crippen LogP contribution in [0.2, 0.25) is 0 Å². The van der Waals surface area contributed by atoms with Crippen LogP contribution in [0.3, 0.4) is 0 Å². The quantitative estimate of drug-likeness (QED) is 0.904. The highest BCUT2D eigenvalue weighted by Crippen LogP contribution is 2.22. The van der Waals surface area contributed by atoms with Crippen LogP contribution < -0.4 is 0 Å². The van der Waals surface area contributed by atoms with E-state index in [2.05, 4.69) is 34.1 Å². The number of aryl methyl sites for hydroxylation is 1. The first-order chi connectivity index (χ1) is 11.0. The van der Waals surface area contributed by atoms with Gasteiger partial charge < -0.3 is 5.11 Å². The van der Waals surface area contributed by atoms with Crippen LogP contribution in [0, 0.1) is 0 Å². The number of piperidine rings is 1. The van der Waals surface area contributed by atoms with E-state index in [-0.39, 0.29) is 0 Å². The van der Waals surface area contributed by atoms with E-state index in [1.165, 1.54) is 56.6 Å². The van der Waals surface area contributed by atoms with Crippen LogP contribution in [0.15, 0.2) is 24.3 Å². The molecular weight excluding hydrogens is 284 g/mol. The Bertz CT molecular complexity index is 491. The average Bonchev–Trinajstić information content (AvgIpc) is 2.53. The van der Waals surface area contributed by atoms with Crippen LogP contribution in [-0.2, 0) is 13.0 Å². The normalized spacial score (nSPS) is 23.7. The molecule has 0 saturated carbocycles. The van der Waals surface area contributed by atoms with E-state index >= 15 is 0 Å². The molecule has 0 aromatic heterocycles. The van der Waals surface area contributed by atoms with Gasteiger partial charge in [-0.15, -0.1) is 0 Å². The summed E-state index contributed by atoms with van der Waals surface area (Å²) in [6.07, 6.45) is 5.94. The number of hydrogen-bond acceptors (Lipinski definition) is 3. The van der Waals surface area contributed by atoms with Gasteiger partial charge in [-0.25, -0.2) is 0 Å². The lowest BCUT2D eigenvalue weighted by atomic mass is 9.97. The summed E-state index contributed by atoms with van der Waals surface area (Å²) in [4.78, 5) is 5.32. The molecule has 0 bridgehead atoms. The molecule has 2 aliphatic heterocycles. The zero-order chi connectivity index (χ0) is 16.3. The lowest BCUT2D eigenvalue weighted by Gasteiger charge is -2.44. The molecule has 2 saturated heterocycles. The Balaban J connectivity index is 1.50. The van der Waals surface area contributed by atoms with Gasteiger partial charge in [-0.2, -0.15) is 0 Å². The Kier molecular flexibility index (Phi) is 5.40. The van der Waals surface area contributed by atoms with Crippen molar-refractivity contribution in [2.24, 2.45) is 0 Å². The highest BCUT2D eigenvalue weighted by molar-refractivity contribution is 5.23. The smallest absolute Gasteiger partial charge is 0.0594 e. The van der Waals surface area contributed by atoms with Crippen molar-refractivity contribution in [2.75, 3.05) is 26.2 Å². The topological polar surface area (TPSA) is 26.7 Å². The maximum atomic E-state index is 9.83. The third kappa shape index (κ3) is 5.03. The molecule has 1 N–H and O–H groups in total. The molecule has 2 heterocycles. The fourth-order valence-corrected chi connectivity index (χ4v) is 3.88. The number of hydrogen-bond donors (Lipinski definition) is 1. The first-order valence-corrected chi connectivity index (χ1v) is 9.26. The van der Waals surface area contributed by atoms with Crippen LogP contribution in [0.1, 0.15) is 50.7 Å². The van der Waals surface area contributed by atoms with Crippen LogP contribution in [-0.4, -0.2) is 52.7 Å². The number of benzene rings is 1. The Labute approximate surface area is 141 Å². The molecule has 0 amide bonds. The number of nitrogens with zero attached hydrogens (tertiary/aromatic N) is 2. The van der Waals surface area contributed by atoms with Crippen molar-refractivity contribution in [2.45, 2.75) is 64.1 Å². The molecule has 1 aromatic carbocycles. The fourth-order valence-electron chi connectivity index (χ4n) is 3.88. The highest BCUT2D eigenvalue weighted by atomic mass is 16.3. The van der Waals surface area contributed by atoms with Gasteiger partial charge in [-0.3, -0.25) is 9.80 Å². The third-order valence-corrected chi connectivity index (χ3v) is 5.38. The van der Waals surface area contributed by atoms with E-state index in [4.69, 9.17) is 0 Å². The van der Waals surface area contributed by atoms with Gasteiger partial charge in [0.25, 0.3) is 0 Å². The van der Waals surface area contributed by atoms with Gasteiger partial charge in [-0.05, 0) is 57.2 Å². The monoisotopic (exact) mass is 316 g/mol. The Hall–Kier alpha value is -0.900. The molecule has 1 atom stereocenters. The number of aliphatic hydroxyl groups is 1. The van der Waals surface area contributed by atoms with Crippen LogP contribution >= 0.6 is 0 Å². The van der Waals surface area contributed by atoms with E-state index in [1.807, 2.05) is 13.8 Å². The van der Waals surface area contributed by atoms with E-state index in [0.29, 0.717) is 0 Å². The second kappa shape index (κ2) is 7.33. The molecule has 2 aliphatic rings. The van der Waals surface area contributed by atoms with E-state index in [1.54, 1.807) is 0 Å². The van der Waals surface area contributed by atoms with Gasteiger partial charge >= 0.3 is 0 Å². The summed E-state index contributed by atoms with van der Waals surface area (Å²) in [7, 11) is 0. The molecule has 3 nitrogen and oxygen atoms in total. The molecule has 0 aliphatic carbocycles. The molecule has 0 spiro atoms. The molecule has 0 radical (unpaired) electrons. The summed E-state index contributed by atoms with van der Waals surface area (Å²) >= 11 is 0. The Morgan fingerprint density at radius 1 is 1.04 bits per heavy atom. The largest absolute Gasteiger partial charge is 0.390 e. The number of piperazine rings is 1. The summed E-state index contributed by atoms with van der Waals surface area (Å²) in [6.45, 7) is 9.84. The van der Waals surface area contributed by atoms with Crippen molar-refractivity contribution in [3.8, 4) is 0 Å². The summed E-state index contributed by atoms with van der Waals surface area (Å²) in [6, 6.07) is 9.80. The Morgan fingerprint density at radius 3 is 2.52 bits per heavy atom. The van der Waals surface area contributed by atoms with Gasteiger partial charge in [0, 0.05) is 32.2 Å². The Morgan fingerprint density at radius 2 is 1.78 bits per heavy atom. The molecule has 128 valence electrons. The molecule has 3 rings (SSSR count). The van der Waals surface area contributed by atoms with Crippen molar-refractivity contribution >= 4 is 0 Å². The summed E-state index contributed by atoms with van der Waals surface area (Å²) in [5, 5.41) is 9.83. The van der Waals surface area contributed by atoms with Crippen LogP contribution in [0.5, 0.6) is 0 Å². The lowest BCUT2D eigenvalue weighted by Crippen LogP contribution is -2.54. The van der Waals surface area contributed by atoms with Crippen molar-refractivity contribution in [3.63, 3.8) is 0 Å². The first-order valence-electron chi connectivity index (χ1n) is 9.26. The highest BCUT2D eigenvalue weighted by Gasteiger charge is 2.28. The zero-order valence-corrected chi connectivity index (χ0v) is 14.8. The van der Waals surface area contributed by atoms with Crippen molar-refractivity contribution in [1.29, 1.82) is 0 Å². The number of rotatable bonds is 5. The predicted octanol–water partition coefficient (Wildman–Crippen LogP) is 3.06. The summed E-state index contributed by atoms with van der Waals surface area (Å²) in [5.74, 6) is 0. The average molecular weight is 316 g/mol. The molecule has 3 heteroatoms. The molecule has 1 aromatic rings. The van der Waals surface area contributed by atoms with E-state index < -0.39 is 5.60 Å². The molecule has 0 unspecified atom stereocenters. The fraction of sp³-hybridized carbons (Fsp3) is 0.700. The van der Waals surface area contributed by atoms with E-state index in [9.17, 15) is 5.11 Å². The SMILES string of the molecule is CC(C)(O)CCc1ccc(CN2CCN3CCCC[C@@H]3C2)cc1. The minimum Gasteiger partial charge on any atom is -0.390 e. The summed E-state index contributed by atoms with van der Waals surface area (Å²) < 4.78 is 0. The minimum absolute atomic E-state index is 0.571. The zero-order valence-electron chi connectivity index (χ0n) is 14.8. The van der Waals surface area contributed by atoms with Gasteiger partial charge in [0.2, 0.25) is 0 Å². The lowest BCUT2D eigenvalue weighted by molar-refractivity contribution is 0.0457. The predicted molar refractivity (Wildman–Crippen MR) is 95.5 cm³/mol. The van der Waals surface area contributed by atoms with Gasteiger partial charge in [0.05, 0.1) is 5.60 Å². The van der Waals surface area contributed by atoms with Gasteiger partial charge in [0.15, 0.2) is 0 Å². The molecule has 2 fully saturated rings. The standard InChI is InChI=1S/C20H32N2O/c1-20(2,23)11-10-17-6-8-18(9-7-17)15-21-13-14-22-12-4-3-5-19(22)16-21/h6-9,19,23H,3-5,10-16H2,1-2H3/t19-/m1/s1. The summed E-state index contributed by atoms with van der Waals surface area (Å²) in [5.41, 5.74) is 2.17. The van der Waals surface area contributed by atoms with E-state index in [0.717, 1.165) is 25.4 Å². The minimum atomic E-state index is -0.571. The van der Waals surface area contributed by atoms with Crippen LogP contribution in [0.4, 0.5) is 0 Å². The second-order valence-corrected chi connectivity index (χ2v) is 8.05. The van der Waals surface area contributed by atoms with Gasteiger partial charge in [0.1, 0.15) is 0 Å². The van der Waals surface area contributed by atoms with Crippen molar-refractivity contribution in [3.05, 3.63) is 35.4 Å². The van der Waals surface area contributed by atoms with Crippen molar-refractivity contribution < 1.29 is 5.11 Å². The first kappa shape index (κ1) is 16.9. The van der Waals surface area contributed by atoms with Gasteiger partial charge in [-0.1, -0.05) is 30.7 Å². The molecular formula is C20H32N2O. The van der Waals surface area contributed by atoms with Crippen molar-refractivity contribution in [1.82, 2.24) is 9.80 Å². The number of fused-ring (bicyclic) bond motifs is 1.